The van der Waals surface area contributed by atoms with Crippen LogP contribution in [0.15, 0.2) is 23.8 Å². The summed E-state index contributed by atoms with van der Waals surface area (Å²) in [6.45, 7) is -1.27. The van der Waals surface area contributed by atoms with Gasteiger partial charge >= 0.3 is 15.6 Å². The van der Waals surface area contributed by atoms with Gasteiger partial charge in [0.05, 0.1) is 25.9 Å². The first-order valence-corrected chi connectivity index (χ1v) is 16.0. The molecule has 0 spiro atoms. The number of nitrogens with one attached hydrogen (secondary N) is 1. The number of hydrogen-bond acceptors (Lipinski definition) is 18. The summed E-state index contributed by atoms with van der Waals surface area (Å²) in [4.78, 5) is 67.9. The zero-order valence-corrected chi connectivity index (χ0v) is 25.0. The quantitative estimate of drug-likeness (QED) is 0.0770. The molecule has 0 amide bonds. The van der Waals surface area contributed by atoms with Crippen LogP contribution in [0.4, 0.5) is 5.95 Å². The first kappa shape index (κ1) is 34.8. The number of aliphatic hydroxyl groups is 4. The van der Waals surface area contributed by atoms with E-state index in [9.17, 15) is 39.5 Å². The summed E-state index contributed by atoms with van der Waals surface area (Å²) in [5, 5.41) is 49.6. The Bertz CT molecular complexity index is 1890. The van der Waals surface area contributed by atoms with Crippen LogP contribution in [0.3, 0.4) is 0 Å². The number of fused-ring (bicyclic) bond motifs is 2. The number of nitrogens with two attached hydrogens (primary N) is 1. The van der Waals surface area contributed by atoms with Gasteiger partial charge in [-0.3, -0.25) is 28.0 Å². The topological polar surface area (TPSA) is 386 Å². The summed E-state index contributed by atoms with van der Waals surface area (Å²) in [5.74, 6) is -0.535. The minimum atomic E-state index is -4.76. The number of rotatable bonds is 8. The van der Waals surface area contributed by atoms with Crippen LogP contribution in [0, 0.1) is 0 Å². The zero-order chi connectivity index (χ0) is 34.4. The molecule has 4 aromatic rings. The molecule has 0 unspecified atom stereocenters. The highest BCUT2D eigenvalue weighted by Gasteiger charge is 2.46. The molecule has 2 aliphatic heterocycles. The molecule has 0 aliphatic carbocycles. The van der Waals surface area contributed by atoms with E-state index in [2.05, 4.69) is 39.0 Å². The Kier molecular flexibility index (Phi) is 9.76. The zero-order valence-electron chi connectivity index (χ0n) is 23.2. The first-order valence-electron chi connectivity index (χ1n) is 13.0. The fourth-order valence-corrected chi connectivity index (χ4v) is 5.37. The van der Waals surface area contributed by atoms with Crippen molar-refractivity contribution in [1.82, 2.24) is 39.0 Å². The molecule has 0 bridgehead atoms. The van der Waals surface area contributed by atoms with E-state index in [0.717, 1.165) is 6.33 Å². The van der Waals surface area contributed by atoms with Crippen LogP contribution in [0.2, 0.25) is 0 Å². The van der Waals surface area contributed by atoms with Crippen molar-refractivity contribution >= 4 is 43.9 Å². The lowest BCUT2D eigenvalue weighted by Crippen LogP contribution is -2.33. The van der Waals surface area contributed by atoms with Gasteiger partial charge in [-0.25, -0.2) is 24.1 Å². The Morgan fingerprint density at radius 1 is 0.787 bits per heavy atom. The molecule has 2 saturated heterocycles. The van der Waals surface area contributed by atoms with Gasteiger partial charge in [0.25, 0.3) is 5.56 Å². The molecule has 0 saturated carbocycles. The van der Waals surface area contributed by atoms with E-state index < -0.39 is 83.5 Å². The van der Waals surface area contributed by atoms with Gasteiger partial charge in [-0.05, 0) is 0 Å². The Morgan fingerprint density at radius 2 is 1.28 bits per heavy atom. The molecule has 6 rings (SSSR count). The number of aromatic amines is 1. The van der Waals surface area contributed by atoms with Crippen LogP contribution in [-0.2, 0) is 27.7 Å². The number of anilines is 1. The van der Waals surface area contributed by atoms with Crippen molar-refractivity contribution in [2.75, 3.05) is 18.9 Å². The summed E-state index contributed by atoms with van der Waals surface area (Å²) < 4.78 is 43.2. The minimum absolute atomic E-state index is 0.0176. The highest BCUT2D eigenvalue weighted by Crippen LogP contribution is 2.40. The lowest BCUT2D eigenvalue weighted by Gasteiger charge is -2.16. The molecular weight excluding hydrogens is 684 g/mol. The van der Waals surface area contributed by atoms with Gasteiger partial charge in [-0.1, -0.05) is 0 Å². The number of hydrogen-bond donors (Lipinski definition) is 11. The molecular formula is C20H27N9O16P2. The van der Waals surface area contributed by atoms with E-state index in [0.29, 0.717) is 0 Å². The number of phosphoric acid groups is 2. The first-order chi connectivity index (χ1) is 21.9. The molecule has 2 fully saturated rings. The number of phosphoric ester groups is 2. The number of H-pyrrole nitrogens is 1. The van der Waals surface area contributed by atoms with E-state index >= 15 is 0 Å². The fraction of sp³-hybridized carbons (Fsp3) is 0.500. The average Bonchev–Trinajstić information content (AvgIpc) is 3.73. The maximum atomic E-state index is 11.7. The average molecular weight is 711 g/mol. The largest absolute Gasteiger partial charge is 0.492 e. The molecule has 0 aromatic carbocycles. The molecule has 27 heteroatoms. The van der Waals surface area contributed by atoms with Crippen LogP contribution in [0.1, 0.15) is 12.5 Å². The summed E-state index contributed by atoms with van der Waals surface area (Å²) >= 11 is 0. The second kappa shape index (κ2) is 13.2. The van der Waals surface area contributed by atoms with Gasteiger partial charge in [-0.2, -0.15) is 9.97 Å². The molecule has 4 aromatic heterocycles. The van der Waals surface area contributed by atoms with Gasteiger partial charge in [0.15, 0.2) is 34.8 Å². The third-order valence-electron chi connectivity index (χ3n) is 6.83. The van der Waals surface area contributed by atoms with Crippen molar-refractivity contribution in [3.63, 3.8) is 0 Å². The summed E-state index contributed by atoms with van der Waals surface area (Å²) in [7, 11) is -9.50. The van der Waals surface area contributed by atoms with Crippen molar-refractivity contribution in [3.05, 3.63) is 29.3 Å². The summed E-state index contributed by atoms with van der Waals surface area (Å²) in [6, 6.07) is 0. The highest BCUT2D eigenvalue weighted by molar-refractivity contribution is 7.46. The monoisotopic (exact) mass is 711 g/mol. The lowest BCUT2D eigenvalue weighted by atomic mass is 10.1. The Hall–Kier alpha value is -3.52. The van der Waals surface area contributed by atoms with Gasteiger partial charge in [0, 0.05) is 0 Å². The maximum absolute atomic E-state index is 11.7. The van der Waals surface area contributed by atoms with E-state index in [1.807, 2.05) is 0 Å². The number of imidazole rings is 2. The molecule has 258 valence electrons. The van der Waals surface area contributed by atoms with E-state index in [1.165, 1.54) is 21.8 Å². The van der Waals surface area contributed by atoms with Crippen LogP contribution in [-0.4, -0.2) is 134 Å². The minimum Gasteiger partial charge on any atom is -0.492 e. The predicted molar refractivity (Wildman–Crippen MR) is 147 cm³/mol. The van der Waals surface area contributed by atoms with Crippen molar-refractivity contribution in [1.29, 1.82) is 0 Å². The maximum Gasteiger partial charge on any atom is 0.469 e. The van der Waals surface area contributed by atoms with Gasteiger partial charge in [0.1, 0.15) is 43.0 Å². The fourth-order valence-electron chi connectivity index (χ4n) is 4.69. The second-order valence-electron chi connectivity index (χ2n) is 9.96. The third-order valence-corrected chi connectivity index (χ3v) is 7.80. The van der Waals surface area contributed by atoms with Crippen LogP contribution in [0.25, 0.3) is 22.3 Å². The molecule has 8 atom stereocenters. The Morgan fingerprint density at radius 3 is 1.79 bits per heavy atom. The van der Waals surface area contributed by atoms with Gasteiger partial charge in [-0.15, -0.1) is 0 Å². The van der Waals surface area contributed by atoms with Crippen molar-refractivity contribution in [3.8, 4) is 5.88 Å². The second-order valence-corrected chi connectivity index (χ2v) is 12.4. The standard InChI is InChI=1S/C10H14N5O8P.C10H13N4O8P/c11-10-13-7-4(8(18)14-10)12-2-15(7)9-6(17)5(16)3(23-9)1-22-24(19,20)21;15-6-4(1-21-23(18,19)20)22-10(7(6)16)14-3-13-5-8(14)11-2-12-9(5)17/h2-3,5-6,9,16-17H,1H2,(H2,19,20,21)(H3,11,13,14,18);2-4,6-7,10,15-16H,1H2,(H,11,12,17)(H2,18,19,20)/t3-,5-,6-,9-;4-,6-,7-,10-/m11/s1. The van der Waals surface area contributed by atoms with Crippen molar-refractivity contribution < 1.29 is 72.8 Å². The normalized spacial score (nSPS) is 28.2. The molecule has 25 nitrogen and oxygen atoms in total. The molecule has 12 N–H and O–H groups in total. The number of nitrogen functional groups attached to an aromatic ring is 1. The van der Waals surface area contributed by atoms with Crippen LogP contribution >= 0.6 is 15.6 Å². The van der Waals surface area contributed by atoms with E-state index in [-0.39, 0.29) is 34.2 Å². The molecule has 47 heavy (non-hydrogen) atoms. The van der Waals surface area contributed by atoms with Crippen LogP contribution < -0.4 is 11.3 Å². The SMILES string of the molecule is Nc1nc2c(ncn2[C@@H]2O[C@H](COP(=O)(O)O)[C@@H](O)[C@H]2O)c(=O)[nH]1.O=P(O)(O)OC[C@H]1O[C@@H](n2cnc3c(O)ncnc32)[C@H](O)[C@@H]1O. The Labute approximate surface area is 259 Å². The van der Waals surface area contributed by atoms with E-state index in [4.69, 9.17) is 34.8 Å². The number of aliphatic hydroxyl groups excluding tert-OH is 4. The number of aromatic nitrogens is 8. The molecule has 0 radical (unpaired) electrons. The van der Waals surface area contributed by atoms with Gasteiger partial charge < -0.3 is 60.3 Å². The van der Waals surface area contributed by atoms with Crippen molar-refractivity contribution in [2.24, 2.45) is 0 Å². The van der Waals surface area contributed by atoms with E-state index in [1.54, 1.807) is 0 Å². The predicted octanol–water partition coefficient (Wildman–Crippen LogP) is -4.31. The molecule has 6 heterocycles. The number of aromatic hydroxyl groups is 1. The number of nitrogens with zero attached hydrogens (tertiary/aromatic N) is 7. The van der Waals surface area contributed by atoms with Gasteiger partial charge in [0.2, 0.25) is 11.8 Å². The van der Waals surface area contributed by atoms with Crippen LogP contribution in [0.5, 0.6) is 5.88 Å². The summed E-state index contributed by atoms with van der Waals surface area (Å²) in [6.07, 6.45) is -7.07. The Balaban J connectivity index is 0.000000185. The highest BCUT2D eigenvalue weighted by atomic mass is 31.2. The molecule has 2 aliphatic rings. The smallest absolute Gasteiger partial charge is 0.469 e. The lowest BCUT2D eigenvalue weighted by molar-refractivity contribution is -0.0504. The summed E-state index contributed by atoms with van der Waals surface area (Å²) in [5.41, 5.74) is 5.08. The number of ether oxygens (including phenoxy) is 2. The van der Waals surface area contributed by atoms with Crippen molar-refractivity contribution in [2.45, 2.75) is 49.1 Å². The third kappa shape index (κ3) is 7.48.